The second-order valence-corrected chi connectivity index (χ2v) is 7.70. The van der Waals surface area contributed by atoms with E-state index in [4.69, 9.17) is 4.74 Å². The predicted octanol–water partition coefficient (Wildman–Crippen LogP) is 7.47. The van der Waals surface area contributed by atoms with E-state index in [0.717, 1.165) is 21.9 Å². The molecular formula is C30H22O2. The molecule has 0 aromatic heterocycles. The Balaban J connectivity index is 1.46. The van der Waals surface area contributed by atoms with Crippen LogP contribution in [0.1, 0.15) is 21.5 Å². The molecule has 0 spiro atoms. The van der Waals surface area contributed by atoms with Gasteiger partial charge in [0.25, 0.3) is 0 Å². The average molecular weight is 415 g/mol. The molecule has 0 radical (unpaired) electrons. The number of hydrogen-bond acceptors (Lipinski definition) is 2. The Morgan fingerprint density at radius 1 is 0.688 bits per heavy atom. The molecule has 154 valence electrons. The molecule has 5 aromatic carbocycles. The normalized spacial score (nSPS) is 11.2. The van der Waals surface area contributed by atoms with Gasteiger partial charge in [0.2, 0.25) is 0 Å². The van der Waals surface area contributed by atoms with E-state index in [1.807, 2.05) is 78.9 Å². The Kier molecular flexibility index (Phi) is 5.50. The Bertz CT molecular complexity index is 1430. The topological polar surface area (TPSA) is 26.3 Å². The number of ketones is 1. The van der Waals surface area contributed by atoms with Crippen molar-refractivity contribution in [3.63, 3.8) is 0 Å². The second-order valence-electron chi connectivity index (χ2n) is 7.70. The van der Waals surface area contributed by atoms with E-state index in [2.05, 4.69) is 36.4 Å². The summed E-state index contributed by atoms with van der Waals surface area (Å²) in [5.41, 5.74) is 2.65. The summed E-state index contributed by atoms with van der Waals surface area (Å²) in [5, 5.41) is 4.68. The van der Waals surface area contributed by atoms with Crippen molar-refractivity contribution >= 4 is 33.4 Å². The van der Waals surface area contributed by atoms with Crippen molar-refractivity contribution in [2.24, 2.45) is 0 Å². The lowest BCUT2D eigenvalue weighted by Crippen LogP contribution is -2.02. The molecule has 0 amide bonds. The summed E-state index contributed by atoms with van der Waals surface area (Å²) in [4.78, 5) is 13.1. The van der Waals surface area contributed by atoms with Gasteiger partial charge < -0.3 is 4.74 Å². The zero-order valence-corrected chi connectivity index (χ0v) is 17.6. The van der Waals surface area contributed by atoms with Gasteiger partial charge in [0.1, 0.15) is 12.4 Å². The summed E-state index contributed by atoms with van der Waals surface area (Å²) in [6.45, 7) is 0.421. The van der Waals surface area contributed by atoms with Gasteiger partial charge in [-0.05, 0) is 56.9 Å². The first-order valence-electron chi connectivity index (χ1n) is 10.7. The van der Waals surface area contributed by atoms with Crippen LogP contribution in [0.5, 0.6) is 5.75 Å². The van der Waals surface area contributed by atoms with Crippen LogP contribution < -0.4 is 4.74 Å². The average Bonchev–Trinajstić information content (AvgIpc) is 2.86. The smallest absolute Gasteiger partial charge is 0.189 e. The van der Waals surface area contributed by atoms with Crippen LogP contribution in [-0.2, 0) is 6.61 Å². The minimum Gasteiger partial charge on any atom is -0.488 e. The predicted molar refractivity (Wildman–Crippen MR) is 132 cm³/mol. The number of carbonyl (C=O) groups is 1. The lowest BCUT2D eigenvalue weighted by Gasteiger charge is -2.10. The molecule has 0 saturated heterocycles. The SMILES string of the molecule is O=C(/C=C\c1cc2ccccc2c2ccccc12)c1ccccc1OCc1ccccc1. The van der Waals surface area contributed by atoms with Gasteiger partial charge >= 0.3 is 0 Å². The summed E-state index contributed by atoms with van der Waals surface area (Å²) in [5.74, 6) is 0.514. The summed E-state index contributed by atoms with van der Waals surface area (Å²) >= 11 is 0. The number of ether oxygens (including phenoxy) is 1. The molecule has 5 rings (SSSR count). The van der Waals surface area contributed by atoms with Crippen LogP contribution in [0.15, 0.2) is 115 Å². The molecule has 32 heavy (non-hydrogen) atoms. The van der Waals surface area contributed by atoms with E-state index in [1.54, 1.807) is 6.08 Å². The first kappa shape index (κ1) is 19.8. The maximum atomic E-state index is 13.1. The van der Waals surface area contributed by atoms with Crippen molar-refractivity contribution in [3.8, 4) is 5.75 Å². The van der Waals surface area contributed by atoms with E-state index >= 15 is 0 Å². The van der Waals surface area contributed by atoms with Crippen molar-refractivity contribution < 1.29 is 9.53 Å². The van der Waals surface area contributed by atoms with E-state index < -0.39 is 0 Å². The number of para-hydroxylation sites is 1. The fraction of sp³-hybridized carbons (Fsp3) is 0.0333. The van der Waals surface area contributed by atoms with E-state index in [0.29, 0.717) is 17.9 Å². The number of allylic oxidation sites excluding steroid dienone is 1. The second kappa shape index (κ2) is 8.91. The van der Waals surface area contributed by atoms with Gasteiger partial charge in [-0.25, -0.2) is 0 Å². The minimum absolute atomic E-state index is 0.0779. The van der Waals surface area contributed by atoms with Gasteiger partial charge in [0.05, 0.1) is 5.56 Å². The molecule has 2 nitrogen and oxygen atoms in total. The standard InChI is InChI=1S/C30H22O2/c31-29(28-16-8-9-17-30(28)32-21-22-10-2-1-3-11-22)19-18-24-20-23-12-4-5-13-25(23)27-15-7-6-14-26(24)27/h1-20H,21H2/b19-18-. The van der Waals surface area contributed by atoms with E-state index in [9.17, 15) is 4.79 Å². The van der Waals surface area contributed by atoms with Gasteiger partial charge in [-0.2, -0.15) is 0 Å². The van der Waals surface area contributed by atoms with Gasteiger partial charge in [-0.1, -0.05) is 97.1 Å². The number of benzene rings is 5. The van der Waals surface area contributed by atoms with Gasteiger partial charge in [0.15, 0.2) is 5.78 Å². The molecule has 2 heteroatoms. The third-order valence-corrected chi connectivity index (χ3v) is 5.60. The summed E-state index contributed by atoms with van der Waals surface area (Å²) in [6.07, 6.45) is 3.55. The Hall–Kier alpha value is -4.17. The molecule has 0 unspecified atom stereocenters. The third-order valence-electron chi connectivity index (χ3n) is 5.60. The molecular weight excluding hydrogens is 392 g/mol. The van der Waals surface area contributed by atoms with E-state index in [1.165, 1.54) is 10.8 Å². The van der Waals surface area contributed by atoms with Crippen molar-refractivity contribution in [1.82, 2.24) is 0 Å². The van der Waals surface area contributed by atoms with Crippen molar-refractivity contribution in [3.05, 3.63) is 132 Å². The van der Waals surface area contributed by atoms with Crippen LogP contribution in [0, 0.1) is 0 Å². The maximum absolute atomic E-state index is 13.1. The zero-order chi connectivity index (χ0) is 21.8. The highest BCUT2D eigenvalue weighted by atomic mass is 16.5. The van der Waals surface area contributed by atoms with Crippen molar-refractivity contribution in [2.75, 3.05) is 0 Å². The van der Waals surface area contributed by atoms with Crippen molar-refractivity contribution in [2.45, 2.75) is 6.61 Å². The molecule has 0 bridgehead atoms. The molecule has 0 N–H and O–H groups in total. The molecule has 0 aliphatic heterocycles. The number of rotatable bonds is 6. The quantitative estimate of drug-likeness (QED) is 0.164. The van der Waals surface area contributed by atoms with Gasteiger partial charge in [-0.15, -0.1) is 0 Å². The highest BCUT2D eigenvalue weighted by Crippen LogP contribution is 2.30. The summed E-state index contributed by atoms with van der Waals surface area (Å²) < 4.78 is 5.97. The highest BCUT2D eigenvalue weighted by molar-refractivity contribution is 6.13. The number of fused-ring (bicyclic) bond motifs is 3. The lowest BCUT2D eigenvalue weighted by atomic mass is 9.96. The highest BCUT2D eigenvalue weighted by Gasteiger charge is 2.10. The van der Waals surface area contributed by atoms with Crippen LogP contribution >= 0.6 is 0 Å². The first-order valence-corrected chi connectivity index (χ1v) is 10.7. The monoisotopic (exact) mass is 414 g/mol. The fourth-order valence-electron chi connectivity index (χ4n) is 4.01. The zero-order valence-electron chi connectivity index (χ0n) is 17.6. The van der Waals surface area contributed by atoms with Crippen LogP contribution in [-0.4, -0.2) is 5.78 Å². The molecule has 0 heterocycles. The fourth-order valence-corrected chi connectivity index (χ4v) is 4.01. The molecule has 5 aromatic rings. The van der Waals surface area contributed by atoms with Gasteiger partial charge in [-0.3, -0.25) is 4.79 Å². The Morgan fingerprint density at radius 2 is 1.34 bits per heavy atom. The molecule has 0 saturated carbocycles. The Labute approximate surface area is 187 Å². The number of carbonyl (C=O) groups excluding carboxylic acids is 1. The van der Waals surface area contributed by atoms with Gasteiger partial charge in [0, 0.05) is 0 Å². The van der Waals surface area contributed by atoms with Crippen molar-refractivity contribution in [1.29, 1.82) is 0 Å². The molecule has 0 fully saturated rings. The largest absolute Gasteiger partial charge is 0.488 e. The Morgan fingerprint density at radius 3 is 2.19 bits per heavy atom. The first-order chi connectivity index (χ1) is 15.8. The molecule has 0 atom stereocenters. The minimum atomic E-state index is -0.0779. The molecule has 0 aliphatic carbocycles. The lowest BCUT2D eigenvalue weighted by molar-refractivity contribution is 0.104. The third kappa shape index (κ3) is 4.03. The van der Waals surface area contributed by atoms with E-state index in [-0.39, 0.29) is 5.78 Å². The van der Waals surface area contributed by atoms with Crippen LogP contribution in [0.2, 0.25) is 0 Å². The summed E-state index contributed by atoms with van der Waals surface area (Å²) in [7, 11) is 0. The summed E-state index contributed by atoms with van der Waals surface area (Å²) in [6, 6.07) is 36.1. The van der Waals surface area contributed by atoms with Crippen LogP contribution in [0.25, 0.3) is 27.6 Å². The number of hydrogen-bond donors (Lipinski definition) is 0. The van der Waals surface area contributed by atoms with Crippen LogP contribution in [0.4, 0.5) is 0 Å². The van der Waals surface area contributed by atoms with Crippen LogP contribution in [0.3, 0.4) is 0 Å². The maximum Gasteiger partial charge on any atom is 0.189 e. The molecule has 0 aliphatic rings.